The zero-order valence-corrected chi connectivity index (χ0v) is 15.1. The SMILES string of the molecule is COC(=O)[C@H](CC1C[C@@H](C)O[C@@H](C)C1)NC(=O)OCc1ccccc1. The molecule has 0 radical (unpaired) electrons. The second-order valence-electron chi connectivity index (χ2n) is 6.61. The van der Waals surface area contributed by atoms with Crippen LogP contribution in [0.25, 0.3) is 0 Å². The van der Waals surface area contributed by atoms with Crippen LogP contribution in [0.3, 0.4) is 0 Å². The highest BCUT2D eigenvalue weighted by Crippen LogP contribution is 2.28. The van der Waals surface area contributed by atoms with Crippen molar-refractivity contribution in [2.75, 3.05) is 7.11 Å². The van der Waals surface area contributed by atoms with Crippen molar-refractivity contribution >= 4 is 12.1 Å². The van der Waals surface area contributed by atoms with Crippen LogP contribution in [0.15, 0.2) is 30.3 Å². The molecule has 1 fully saturated rings. The molecule has 6 nitrogen and oxygen atoms in total. The Bertz CT molecular complexity index is 552. The number of alkyl carbamates (subject to hydrolysis) is 1. The van der Waals surface area contributed by atoms with Crippen molar-refractivity contribution in [3.63, 3.8) is 0 Å². The number of esters is 1. The average molecular weight is 349 g/mol. The molecule has 2 rings (SSSR count). The number of hydrogen-bond donors (Lipinski definition) is 1. The van der Waals surface area contributed by atoms with Gasteiger partial charge >= 0.3 is 12.1 Å². The molecular formula is C19H27NO5. The van der Waals surface area contributed by atoms with Gasteiger partial charge in [-0.2, -0.15) is 0 Å². The van der Waals surface area contributed by atoms with Crippen molar-refractivity contribution in [2.24, 2.45) is 5.92 Å². The Morgan fingerprint density at radius 2 is 1.84 bits per heavy atom. The molecule has 25 heavy (non-hydrogen) atoms. The van der Waals surface area contributed by atoms with Crippen molar-refractivity contribution in [2.45, 2.75) is 58.0 Å². The van der Waals surface area contributed by atoms with E-state index in [1.807, 2.05) is 44.2 Å². The van der Waals surface area contributed by atoms with E-state index in [2.05, 4.69) is 5.32 Å². The molecule has 1 unspecified atom stereocenters. The lowest BCUT2D eigenvalue weighted by Gasteiger charge is -2.33. The summed E-state index contributed by atoms with van der Waals surface area (Å²) in [6, 6.07) is 8.68. The van der Waals surface area contributed by atoms with Crippen LogP contribution in [-0.2, 0) is 25.6 Å². The molecule has 0 saturated carbocycles. The Morgan fingerprint density at radius 3 is 2.44 bits per heavy atom. The van der Waals surface area contributed by atoms with Crippen molar-refractivity contribution < 1.29 is 23.8 Å². The van der Waals surface area contributed by atoms with E-state index in [9.17, 15) is 9.59 Å². The second kappa shape index (κ2) is 9.42. The van der Waals surface area contributed by atoms with Gasteiger partial charge in [-0.3, -0.25) is 0 Å². The molecule has 1 heterocycles. The van der Waals surface area contributed by atoms with E-state index in [1.165, 1.54) is 7.11 Å². The number of nitrogens with one attached hydrogen (secondary N) is 1. The molecule has 6 heteroatoms. The molecule has 1 aromatic carbocycles. The van der Waals surface area contributed by atoms with Crippen LogP contribution in [0.4, 0.5) is 4.79 Å². The normalized spacial score (nSPS) is 24.2. The minimum absolute atomic E-state index is 0.150. The highest BCUT2D eigenvalue weighted by molar-refractivity contribution is 5.81. The van der Waals surface area contributed by atoms with Gasteiger partial charge in [0, 0.05) is 0 Å². The van der Waals surface area contributed by atoms with Gasteiger partial charge in [0.1, 0.15) is 12.6 Å². The number of ether oxygens (including phenoxy) is 3. The number of carbonyl (C=O) groups is 2. The summed E-state index contributed by atoms with van der Waals surface area (Å²) >= 11 is 0. The van der Waals surface area contributed by atoms with Crippen LogP contribution in [0, 0.1) is 5.92 Å². The summed E-state index contributed by atoms with van der Waals surface area (Å²) in [4.78, 5) is 24.1. The summed E-state index contributed by atoms with van der Waals surface area (Å²) in [6.45, 7) is 4.21. The second-order valence-corrected chi connectivity index (χ2v) is 6.61. The highest BCUT2D eigenvalue weighted by atomic mass is 16.6. The van der Waals surface area contributed by atoms with Crippen LogP contribution < -0.4 is 5.32 Å². The molecule has 1 aliphatic rings. The lowest BCUT2D eigenvalue weighted by Crippen LogP contribution is -2.44. The lowest BCUT2D eigenvalue weighted by molar-refractivity contribution is -0.144. The molecule has 138 valence electrons. The van der Waals surface area contributed by atoms with E-state index < -0.39 is 18.1 Å². The molecule has 1 aliphatic heterocycles. The maximum Gasteiger partial charge on any atom is 0.408 e. The highest BCUT2D eigenvalue weighted by Gasteiger charge is 2.31. The predicted molar refractivity (Wildman–Crippen MR) is 92.9 cm³/mol. The molecule has 1 amide bonds. The van der Waals surface area contributed by atoms with E-state index in [1.54, 1.807) is 0 Å². The van der Waals surface area contributed by atoms with Gasteiger partial charge in [-0.15, -0.1) is 0 Å². The fourth-order valence-corrected chi connectivity index (χ4v) is 3.33. The number of methoxy groups -OCH3 is 1. The van der Waals surface area contributed by atoms with Crippen LogP contribution in [0.5, 0.6) is 0 Å². The molecule has 1 aromatic rings. The van der Waals surface area contributed by atoms with Crippen LogP contribution >= 0.6 is 0 Å². The summed E-state index contributed by atoms with van der Waals surface area (Å²) in [5.41, 5.74) is 0.888. The smallest absolute Gasteiger partial charge is 0.408 e. The van der Waals surface area contributed by atoms with Crippen LogP contribution in [0.2, 0.25) is 0 Å². The summed E-state index contributed by atoms with van der Waals surface area (Å²) < 4.78 is 15.8. The molecule has 0 spiro atoms. The topological polar surface area (TPSA) is 73.9 Å². The largest absolute Gasteiger partial charge is 0.467 e. The summed E-state index contributed by atoms with van der Waals surface area (Å²) in [5.74, 6) is -0.166. The molecule has 1 N–H and O–H groups in total. The molecular weight excluding hydrogens is 322 g/mol. The first-order valence-electron chi connectivity index (χ1n) is 8.68. The van der Waals surface area contributed by atoms with Crippen LogP contribution in [0.1, 0.15) is 38.7 Å². The van der Waals surface area contributed by atoms with Gasteiger partial charge < -0.3 is 19.5 Å². The Balaban J connectivity index is 1.88. The Hall–Kier alpha value is -2.08. The fraction of sp³-hybridized carbons (Fsp3) is 0.579. The first-order valence-corrected chi connectivity index (χ1v) is 8.68. The van der Waals surface area contributed by atoms with E-state index in [0.29, 0.717) is 6.42 Å². The third-order valence-corrected chi connectivity index (χ3v) is 4.35. The Labute approximate surface area is 148 Å². The van der Waals surface area contributed by atoms with E-state index in [4.69, 9.17) is 14.2 Å². The summed E-state index contributed by atoms with van der Waals surface area (Å²) in [6.07, 6.45) is 1.92. The van der Waals surface area contributed by atoms with Gasteiger partial charge in [-0.05, 0) is 44.6 Å². The molecule has 0 bridgehead atoms. The number of benzene rings is 1. The molecule has 1 saturated heterocycles. The zero-order valence-electron chi connectivity index (χ0n) is 15.1. The van der Waals surface area contributed by atoms with Gasteiger partial charge in [-0.1, -0.05) is 30.3 Å². The Morgan fingerprint density at radius 1 is 1.20 bits per heavy atom. The maximum absolute atomic E-state index is 12.1. The minimum atomic E-state index is -0.712. The fourth-order valence-electron chi connectivity index (χ4n) is 3.33. The van der Waals surface area contributed by atoms with Gasteiger partial charge in [0.25, 0.3) is 0 Å². The van der Waals surface area contributed by atoms with Crippen molar-refractivity contribution in [1.29, 1.82) is 0 Å². The van der Waals surface area contributed by atoms with Gasteiger partial charge in [0.15, 0.2) is 0 Å². The van der Waals surface area contributed by atoms with Gasteiger partial charge in [0.2, 0.25) is 0 Å². The zero-order chi connectivity index (χ0) is 18.2. The van der Waals surface area contributed by atoms with E-state index in [-0.39, 0.29) is 24.7 Å². The third kappa shape index (κ3) is 6.38. The van der Waals surface area contributed by atoms with Crippen molar-refractivity contribution in [3.05, 3.63) is 35.9 Å². The van der Waals surface area contributed by atoms with Crippen molar-refractivity contribution in [3.8, 4) is 0 Å². The number of hydrogen-bond acceptors (Lipinski definition) is 5. The van der Waals surface area contributed by atoms with E-state index >= 15 is 0 Å². The number of carbonyl (C=O) groups excluding carboxylic acids is 2. The molecule has 0 aromatic heterocycles. The molecule has 0 aliphatic carbocycles. The standard InChI is InChI=1S/C19H27NO5/c1-13-9-16(10-14(2)25-13)11-17(18(21)23-3)20-19(22)24-12-15-7-5-4-6-8-15/h4-8,13-14,16-17H,9-12H2,1-3H3,(H,20,22)/t13-,14+,16?,17-/m0/s1. The minimum Gasteiger partial charge on any atom is -0.467 e. The number of rotatable bonds is 6. The predicted octanol–water partition coefficient (Wildman–Crippen LogP) is 3.05. The maximum atomic E-state index is 12.1. The monoisotopic (exact) mass is 349 g/mol. The average Bonchev–Trinajstić information content (AvgIpc) is 2.58. The summed E-state index contributed by atoms with van der Waals surface area (Å²) in [7, 11) is 1.32. The van der Waals surface area contributed by atoms with Gasteiger partial charge in [0.05, 0.1) is 19.3 Å². The van der Waals surface area contributed by atoms with E-state index in [0.717, 1.165) is 18.4 Å². The van der Waals surface area contributed by atoms with Crippen LogP contribution in [-0.4, -0.2) is 37.4 Å². The third-order valence-electron chi connectivity index (χ3n) is 4.35. The first-order chi connectivity index (χ1) is 12.0. The van der Waals surface area contributed by atoms with Crippen molar-refractivity contribution in [1.82, 2.24) is 5.32 Å². The lowest BCUT2D eigenvalue weighted by atomic mass is 9.87. The van der Waals surface area contributed by atoms with Gasteiger partial charge in [-0.25, -0.2) is 9.59 Å². The summed E-state index contributed by atoms with van der Waals surface area (Å²) in [5, 5.41) is 2.64. The molecule has 4 atom stereocenters. The number of amides is 1. The Kier molecular flexibility index (Phi) is 7.25. The quantitative estimate of drug-likeness (QED) is 0.799. The first kappa shape index (κ1) is 19.2.